The first-order chi connectivity index (χ1) is 11.0. The predicted molar refractivity (Wildman–Crippen MR) is 87.7 cm³/mol. The van der Waals surface area contributed by atoms with Crippen molar-refractivity contribution in [2.24, 2.45) is 0 Å². The highest BCUT2D eigenvalue weighted by Crippen LogP contribution is 2.29. The summed E-state index contributed by atoms with van der Waals surface area (Å²) in [5, 5.41) is 9.91. The van der Waals surface area contributed by atoms with Gasteiger partial charge in [-0.05, 0) is 37.1 Å². The molecule has 0 bridgehead atoms. The van der Waals surface area contributed by atoms with Gasteiger partial charge < -0.3 is 15.6 Å². The Balaban J connectivity index is 2.65. The van der Waals surface area contributed by atoms with Crippen molar-refractivity contribution in [3.05, 3.63) is 58.7 Å². The molecule has 2 rings (SSSR count). The standard InChI is InChI=1S/C18H19NO4/c1-3-11-9-10-13(18(22)23-4-2)15(16(11)19)17(21)12-7-5-6-8-14(12)20/h5-10,20H,3-4,19H2,1-2H3. The highest BCUT2D eigenvalue weighted by molar-refractivity contribution is 6.18. The average Bonchev–Trinajstić information content (AvgIpc) is 2.54. The maximum Gasteiger partial charge on any atom is 0.338 e. The van der Waals surface area contributed by atoms with E-state index in [1.54, 1.807) is 31.2 Å². The molecule has 0 heterocycles. The van der Waals surface area contributed by atoms with E-state index in [0.717, 1.165) is 5.56 Å². The number of hydrogen-bond donors (Lipinski definition) is 2. The minimum absolute atomic E-state index is 0.0734. The number of nitrogen functional groups attached to an aromatic ring is 1. The van der Waals surface area contributed by atoms with E-state index >= 15 is 0 Å². The number of phenols is 1. The molecule has 23 heavy (non-hydrogen) atoms. The van der Waals surface area contributed by atoms with E-state index in [2.05, 4.69) is 0 Å². The molecule has 5 nitrogen and oxygen atoms in total. The van der Waals surface area contributed by atoms with Gasteiger partial charge >= 0.3 is 5.97 Å². The summed E-state index contributed by atoms with van der Waals surface area (Å²) < 4.78 is 5.00. The Labute approximate surface area is 134 Å². The lowest BCUT2D eigenvalue weighted by atomic mass is 9.93. The Hall–Kier alpha value is -2.82. The molecule has 0 unspecified atom stereocenters. The number of ketones is 1. The van der Waals surface area contributed by atoms with Crippen molar-refractivity contribution >= 4 is 17.4 Å². The first-order valence-electron chi connectivity index (χ1n) is 7.42. The number of carbonyl (C=O) groups is 2. The summed E-state index contributed by atoms with van der Waals surface area (Å²) in [6.45, 7) is 3.79. The van der Waals surface area contributed by atoms with Gasteiger partial charge in [0.2, 0.25) is 0 Å². The predicted octanol–water partition coefficient (Wildman–Crippen LogP) is 2.94. The summed E-state index contributed by atoms with van der Waals surface area (Å²) in [6, 6.07) is 9.41. The minimum atomic E-state index is -0.611. The maximum atomic E-state index is 12.8. The molecular weight excluding hydrogens is 294 g/mol. The van der Waals surface area contributed by atoms with Gasteiger partial charge in [-0.15, -0.1) is 0 Å². The molecular formula is C18H19NO4. The van der Waals surface area contributed by atoms with Gasteiger partial charge in [-0.1, -0.05) is 25.1 Å². The van der Waals surface area contributed by atoms with Crippen LogP contribution in [0.4, 0.5) is 5.69 Å². The quantitative estimate of drug-likeness (QED) is 0.503. The zero-order chi connectivity index (χ0) is 17.0. The van der Waals surface area contributed by atoms with E-state index in [1.807, 2.05) is 6.92 Å². The zero-order valence-corrected chi connectivity index (χ0v) is 13.1. The molecule has 120 valence electrons. The lowest BCUT2D eigenvalue weighted by Crippen LogP contribution is -2.16. The van der Waals surface area contributed by atoms with Crippen LogP contribution in [0.3, 0.4) is 0 Å². The Morgan fingerprint density at radius 1 is 1.09 bits per heavy atom. The molecule has 0 aliphatic carbocycles. The molecule has 5 heteroatoms. The number of nitrogens with two attached hydrogens (primary N) is 1. The number of anilines is 1. The molecule has 0 atom stereocenters. The molecule has 0 amide bonds. The number of carbonyl (C=O) groups excluding carboxylic acids is 2. The van der Waals surface area contributed by atoms with Gasteiger partial charge in [0.05, 0.1) is 23.3 Å². The first-order valence-corrected chi connectivity index (χ1v) is 7.42. The lowest BCUT2D eigenvalue weighted by Gasteiger charge is -2.14. The van der Waals surface area contributed by atoms with E-state index in [1.165, 1.54) is 12.1 Å². The van der Waals surface area contributed by atoms with Crippen LogP contribution in [0.25, 0.3) is 0 Å². The molecule has 0 radical (unpaired) electrons. The molecule has 0 saturated heterocycles. The summed E-state index contributed by atoms with van der Waals surface area (Å²) in [5.41, 5.74) is 7.38. The summed E-state index contributed by atoms with van der Waals surface area (Å²) in [5.74, 6) is -1.27. The molecule has 3 N–H and O–H groups in total. The first kappa shape index (κ1) is 16.5. The average molecular weight is 313 g/mol. The van der Waals surface area contributed by atoms with Gasteiger partial charge in [0, 0.05) is 5.69 Å². The van der Waals surface area contributed by atoms with E-state index in [9.17, 15) is 14.7 Å². The minimum Gasteiger partial charge on any atom is -0.507 e. The Morgan fingerprint density at radius 2 is 1.78 bits per heavy atom. The van der Waals surface area contributed by atoms with Gasteiger partial charge in [-0.25, -0.2) is 4.79 Å². The summed E-state index contributed by atoms with van der Waals surface area (Å²) in [4.78, 5) is 25.0. The van der Waals surface area contributed by atoms with Crippen LogP contribution in [0.5, 0.6) is 5.75 Å². The third kappa shape index (κ3) is 3.18. The number of aromatic hydroxyl groups is 1. The van der Waals surface area contributed by atoms with Crippen molar-refractivity contribution in [3.8, 4) is 5.75 Å². The number of benzene rings is 2. The smallest absolute Gasteiger partial charge is 0.338 e. The number of phenolic OH excluding ortho intramolecular Hbond substituents is 1. The van der Waals surface area contributed by atoms with Crippen LogP contribution in [-0.4, -0.2) is 23.5 Å². The van der Waals surface area contributed by atoms with Gasteiger partial charge in [0.1, 0.15) is 5.75 Å². The summed E-state index contributed by atoms with van der Waals surface area (Å²) in [7, 11) is 0. The number of esters is 1. The second kappa shape index (κ2) is 6.96. The number of ether oxygens (including phenoxy) is 1. The van der Waals surface area contributed by atoms with Crippen LogP contribution < -0.4 is 5.73 Å². The normalized spacial score (nSPS) is 10.3. The van der Waals surface area contributed by atoms with Crippen LogP contribution in [0, 0.1) is 0 Å². The molecule has 0 aliphatic rings. The lowest BCUT2D eigenvalue weighted by molar-refractivity contribution is 0.0523. The monoisotopic (exact) mass is 313 g/mol. The van der Waals surface area contributed by atoms with Gasteiger partial charge in [0.15, 0.2) is 5.78 Å². The topological polar surface area (TPSA) is 89.6 Å². The fourth-order valence-corrected chi connectivity index (χ4v) is 2.39. The van der Waals surface area contributed by atoms with Crippen LogP contribution >= 0.6 is 0 Å². The Morgan fingerprint density at radius 3 is 2.39 bits per heavy atom. The van der Waals surface area contributed by atoms with Crippen LogP contribution in [0.2, 0.25) is 0 Å². The van der Waals surface area contributed by atoms with Crippen molar-refractivity contribution in [2.45, 2.75) is 20.3 Å². The van der Waals surface area contributed by atoms with Gasteiger partial charge in [0.25, 0.3) is 0 Å². The van der Waals surface area contributed by atoms with Crippen LogP contribution in [0.1, 0.15) is 45.7 Å². The maximum absolute atomic E-state index is 12.8. The number of rotatable bonds is 5. The van der Waals surface area contributed by atoms with Gasteiger partial charge in [-0.3, -0.25) is 4.79 Å². The van der Waals surface area contributed by atoms with E-state index in [4.69, 9.17) is 10.5 Å². The molecule has 2 aromatic rings. The van der Waals surface area contributed by atoms with Crippen molar-refractivity contribution < 1.29 is 19.4 Å². The van der Waals surface area contributed by atoms with E-state index < -0.39 is 11.8 Å². The molecule has 2 aromatic carbocycles. The van der Waals surface area contributed by atoms with E-state index in [0.29, 0.717) is 6.42 Å². The highest BCUT2D eigenvalue weighted by Gasteiger charge is 2.25. The third-order valence-electron chi connectivity index (χ3n) is 3.59. The molecule has 0 spiro atoms. The number of hydrogen-bond acceptors (Lipinski definition) is 5. The molecule has 0 aromatic heterocycles. The number of para-hydroxylation sites is 1. The van der Waals surface area contributed by atoms with Crippen molar-refractivity contribution in [2.75, 3.05) is 12.3 Å². The fraction of sp³-hybridized carbons (Fsp3) is 0.222. The van der Waals surface area contributed by atoms with Crippen LogP contribution in [-0.2, 0) is 11.2 Å². The van der Waals surface area contributed by atoms with E-state index in [-0.39, 0.29) is 34.7 Å². The summed E-state index contributed by atoms with van der Waals surface area (Å²) >= 11 is 0. The SMILES string of the molecule is CCOC(=O)c1ccc(CC)c(N)c1C(=O)c1ccccc1O. The van der Waals surface area contributed by atoms with Crippen molar-refractivity contribution in [1.82, 2.24) is 0 Å². The molecule has 0 aliphatic heterocycles. The largest absolute Gasteiger partial charge is 0.507 e. The molecule has 0 saturated carbocycles. The fourth-order valence-electron chi connectivity index (χ4n) is 2.39. The zero-order valence-electron chi connectivity index (χ0n) is 13.1. The Kier molecular flexibility index (Phi) is 5.01. The third-order valence-corrected chi connectivity index (χ3v) is 3.59. The molecule has 0 fully saturated rings. The van der Waals surface area contributed by atoms with Gasteiger partial charge in [-0.2, -0.15) is 0 Å². The van der Waals surface area contributed by atoms with Crippen molar-refractivity contribution in [3.63, 3.8) is 0 Å². The second-order valence-electron chi connectivity index (χ2n) is 4.98. The number of aryl methyl sites for hydroxylation is 1. The van der Waals surface area contributed by atoms with Crippen molar-refractivity contribution in [1.29, 1.82) is 0 Å². The highest BCUT2D eigenvalue weighted by atomic mass is 16.5. The van der Waals surface area contributed by atoms with Crippen LogP contribution in [0.15, 0.2) is 36.4 Å². The second-order valence-corrected chi connectivity index (χ2v) is 4.98. The Bertz CT molecular complexity index is 753. The summed E-state index contributed by atoms with van der Waals surface area (Å²) in [6.07, 6.45) is 0.621.